The zero-order chi connectivity index (χ0) is 8.97. The van der Waals surface area contributed by atoms with Crippen molar-refractivity contribution in [3.63, 3.8) is 0 Å². The monoisotopic (exact) mass is 166 g/mol. The first kappa shape index (κ1) is 8.48. The van der Waals surface area contributed by atoms with Crippen LogP contribution in [0.4, 0.5) is 0 Å². The fourth-order valence-corrected chi connectivity index (χ4v) is 0.786. The number of nitrogens with one attached hydrogen (secondary N) is 1. The number of nitrogens with two attached hydrogens (primary N) is 1. The number of hydrogen-bond acceptors (Lipinski definition) is 3. The van der Waals surface area contributed by atoms with Gasteiger partial charge >= 0.3 is 0 Å². The number of hydrazine groups is 1. The highest BCUT2D eigenvalue weighted by molar-refractivity contribution is 5.77. The normalized spacial score (nSPS) is 9.42. The zero-order valence-corrected chi connectivity index (χ0v) is 6.53. The second kappa shape index (κ2) is 3.68. The Morgan fingerprint density at radius 3 is 3.17 bits per heavy atom. The Balaban J connectivity index is 2.63. The van der Waals surface area contributed by atoms with Crippen molar-refractivity contribution in [1.82, 2.24) is 15.0 Å². The van der Waals surface area contributed by atoms with Crippen LogP contribution in [0.25, 0.3) is 6.20 Å². The summed E-state index contributed by atoms with van der Waals surface area (Å²) in [6.07, 6.45) is 5.07. The van der Waals surface area contributed by atoms with Crippen molar-refractivity contribution < 1.29 is 4.79 Å². The molecule has 0 fully saturated rings. The summed E-state index contributed by atoms with van der Waals surface area (Å²) in [5.41, 5.74) is 2.69. The molecule has 0 bridgehead atoms. The van der Waals surface area contributed by atoms with Crippen LogP contribution >= 0.6 is 0 Å². The third-order valence-electron chi connectivity index (χ3n) is 1.37. The van der Waals surface area contributed by atoms with Gasteiger partial charge in [0, 0.05) is 12.4 Å². The molecule has 0 spiro atoms. The molecule has 0 aliphatic heterocycles. The minimum Gasteiger partial charge on any atom is -0.313 e. The first-order chi connectivity index (χ1) is 5.76. The summed E-state index contributed by atoms with van der Waals surface area (Å²) in [7, 11) is 0. The molecule has 12 heavy (non-hydrogen) atoms. The molecule has 0 radical (unpaired) electrons. The Bertz CT molecular complexity index is 291. The maximum absolute atomic E-state index is 10.8. The average Bonchev–Trinajstić information content (AvgIpc) is 2.52. The van der Waals surface area contributed by atoms with Gasteiger partial charge in [0.25, 0.3) is 0 Å². The smallest absolute Gasteiger partial charge is 0.239 e. The van der Waals surface area contributed by atoms with Crippen LogP contribution in [0.2, 0.25) is 0 Å². The van der Waals surface area contributed by atoms with Gasteiger partial charge in [-0.3, -0.25) is 10.2 Å². The second-order valence-corrected chi connectivity index (χ2v) is 2.24. The summed E-state index contributed by atoms with van der Waals surface area (Å²) >= 11 is 0. The minimum absolute atomic E-state index is 0.192. The van der Waals surface area contributed by atoms with Crippen LogP contribution in [0.3, 0.4) is 0 Å². The van der Waals surface area contributed by atoms with Crippen molar-refractivity contribution in [2.45, 2.75) is 6.42 Å². The number of carbonyl (C=O) groups is 1. The van der Waals surface area contributed by atoms with E-state index < -0.39 is 0 Å². The van der Waals surface area contributed by atoms with E-state index in [1.165, 1.54) is 0 Å². The molecular weight excluding hydrogens is 156 g/mol. The van der Waals surface area contributed by atoms with Gasteiger partial charge in [0.1, 0.15) is 0 Å². The Labute approximate surface area is 69.9 Å². The third-order valence-corrected chi connectivity index (χ3v) is 1.37. The van der Waals surface area contributed by atoms with E-state index in [2.05, 4.69) is 11.6 Å². The number of carbonyl (C=O) groups excluding carboxylic acids is 1. The Morgan fingerprint density at radius 1 is 1.92 bits per heavy atom. The van der Waals surface area contributed by atoms with E-state index in [9.17, 15) is 4.79 Å². The topological polar surface area (TPSA) is 72.9 Å². The fraction of sp³-hybridized carbons (Fsp3) is 0.143. The average molecular weight is 166 g/mol. The molecule has 0 saturated carbocycles. The highest BCUT2D eigenvalue weighted by atomic mass is 16.2. The fourth-order valence-electron chi connectivity index (χ4n) is 0.786. The number of imidazole rings is 1. The third kappa shape index (κ3) is 1.93. The van der Waals surface area contributed by atoms with E-state index in [1.807, 2.05) is 5.43 Å². The minimum atomic E-state index is -0.260. The molecule has 0 aliphatic carbocycles. The van der Waals surface area contributed by atoms with Crippen LogP contribution in [0.5, 0.6) is 0 Å². The standard InChI is InChI=1S/C7H10N4O/c1-2-11-4-6(9-5-11)3-7(12)10-8/h2,4-5H,1,3,8H2,(H,10,12). The van der Waals surface area contributed by atoms with Gasteiger partial charge in [-0.2, -0.15) is 0 Å². The Kier molecular flexibility index (Phi) is 2.60. The number of hydrogen-bond donors (Lipinski definition) is 2. The van der Waals surface area contributed by atoms with Gasteiger partial charge in [-0.25, -0.2) is 10.8 Å². The molecule has 0 aromatic carbocycles. The Morgan fingerprint density at radius 2 is 2.67 bits per heavy atom. The lowest BCUT2D eigenvalue weighted by atomic mass is 10.3. The first-order valence-electron chi connectivity index (χ1n) is 3.40. The summed E-state index contributed by atoms with van der Waals surface area (Å²) in [6.45, 7) is 3.54. The van der Waals surface area contributed by atoms with Gasteiger partial charge in [-0.15, -0.1) is 0 Å². The van der Waals surface area contributed by atoms with E-state index in [0.29, 0.717) is 5.69 Å². The van der Waals surface area contributed by atoms with Crippen LogP contribution in [0.1, 0.15) is 5.69 Å². The molecule has 1 heterocycles. The lowest BCUT2D eigenvalue weighted by Gasteiger charge is -1.93. The maximum atomic E-state index is 10.8. The number of amides is 1. The van der Waals surface area contributed by atoms with Gasteiger partial charge in [-0.1, -0.05) is 6.58 Å². The molecule has 0 saturated heterocycles. The highest BCUT2D eigenvalue weighted by Gasteiger charge is 2.02. The SMILES string of the molecule is C=Cn1cnc(CC(=O)NN)c1. The van der Waals surface area contributed by atoms with Crippen molar-refractivity contribution >= 4 is 12.1 Å². The lowest BCUT2D eigenvalue weighted by Crippen LogP contribution is -2.31. The molecule has 1 aromatic heterocycles. The summed E-state index contributed by atoms with van der Waals surface area (Å²) < 4.78 is 1.67. The molecular formula is C7H10N4O. The summed E-state index contributed by atoms with van der Waals surface area (Å²) in [5, 5.41) is 0. The van der Waals surface area contributed by atoms with E-state index in [4.69, 9.17) is 5.84 Å². The highest BCUT2D eigenvalue weighted by Crippen LogP contribution is 1.96. The van der Waals surface area contributed by atoms with Gasteiger partial charge in [-0.05, 0) is 0 Å². The Hall–Kier alpha value is -1.62. The van der Waals surface area contributed by atoms with Crippen LogP contribution in [-0.2, 0) is 11.2 Å². The van der Waals surface area contributed by atoms with Crippen molar-refractivity contribution in [3.05, 3.63) is 24.8 Å². The predicted octanol–water partition coefficient (Wildman–Crippen LogP) is -0.484. The van der Waals surface area contributed by atoms with Gasteiger partial charge in [0.15, 0.2) is 0 Å². The quantitative estimate of drug-likeness (QED) is 0.362. The number of nitrogens with zero attached hydrogens (tertiary/aromatic N) is 2. The van der Waals surface area contributed by atoms with Crippen molar-refractivity contribution in [1.29, 1.82) is 0 Å². The summed E-state index contributed by atoms with van der Waals surface area (Å²) in [6, 6.07) is 0. The molecule has 5 nitrogen and oxygen atoms in total. The van der Waals surface area contributed by atoms with Crippen molar-refractivity contribution in [3.8, 4) is 0 Å². The van der Waals surface area contributed by atoms with Crippen LogP contribution in [0.15, 0.2) is 19.1 Å². The van der Waals surface area contributed by atoms with E-state index in [0.717, 1.165) is 0 Å². The molecule has 3 N–H and O–H groups in total. The molecule has 0 atom stereocenters. The molecule has 0 aliphatic rings. The number of aromatic nitrogens is 2. The largest absolute Gasteiger partial charge is 0.313 e. The van der Waals surface area contributed by atoms with Gasteiger partial charge in [0.2, 0.25) is 5.91 Å². The molecule has 1 rings (SSSR count). The van der Waals surface area contributed by atoms with Gasteiger partial charge in [0.05, 0.1) is 18.4 Å². The second-order valence-electron chi connectivity index (χ2n) is 2.24. The van der Waals surface area contributed by atoms with Gasteiger partial charge < -0.3 is 4.57 Å². The molecule has 5 heteroatoms. The van der Waals surface area contributed by atoms with Crippen LogP contribution < -0.4 is 11.3 Å². The maximum Gasteiger partial charge on any atom is 0.239 e. The molecule has 0 unspecified atom stereocenters. The van der Waals surface area contributed by atoms with Crippen molar-refractivity contribution in [2.75, 3.05) is 0 Å². The molecule has 1 amide bonds. The van der Waals surface area contributed by atoms with E-state index in [-0.39, 0.29) is 12.3 Å². The molecule has 64 valence electrons. The first-order valence-corrected chi connectivity index (χ1v) is 3.40. The van der Waals surface area contributed by atoms with Crippen molar-refractivity contribution in [2.24, 2.45) is 5.84 Å². The predicted molar refractivity (Wildman–Crippen MR) is 44.6 cm³/mol. The zero-order valence-electron chi connectivity index (χ0n) is 6.53. The molecule has 1 aromatic rings. The summed E-state index contributed by atoms with van der Waals surface area (Å²) in [5.74, 6) is 4.65. The van der Waals surface area contributed by atoms with E-state index in [1.54, 1.807) is 23.3 Å². The lowest BCUT2D eigenvalue weighted by molar-refractivity contribution is -0.120. The van der Waals surface area contributed by atoms with Crippen LogP contribution in [0, 0.1) is 0 Å². The van der Waals surface area contributed by atoms with E-state index >= 15 is 0 Å². The summed E-state index contributed by atoms with van der Waals surface area (Å²) in [4.78, 5) is 14.7. The number of rotatable bonds is 3. The van der Waals surface area contributed by atoms with Crippen LogP contribution in [-0.4, -0.2) is 15.5 Å².